The van der Waals surface area contributed by atoms with E-state index in [9.17, 15) is 9.90 Å². The van der Waals surface area contributed by atoms with Crippen molar-refractivity contribution in [3.63, 3.8) is 0 Å². The van der Waals surface area contributed by atoms with Gasteiger partial charge in [-0.15, -0.1) is 0 Å². The van der Waals surface area contributed by atoms with Crippen LogP contribution in [-0.4, -0.2) is 45.4 Å². The van der Waals surface area contributed by atoms with Gasteiger partial charge in [0.25, 0.3) is 9.70 Å². The van der Waals surface area contributed by atoms with Gasteiger partial charge in [0.2, 0.25) is 0 Å². The van der Waals surface area contributed by atoms with Crippen molar-refractivity contribution < 1.29 is 19.4 Å². The van der Waals surface area contributed by atoms with E-state index in [0.717, 1.165) is 36.3 Å². The van der Waals surface area contributed by atoms with Crippen molar-refractivity contribution in [2.24, 2.45) is 5.92 Å². The predicted molar refractivity (Wildman–Crippen MR) is 192 cm³/mol. The Morgan fingerprint density at radius 2 is 1.30 bits per heavy atom. The Labute approximate surface area is 292 Å². The third kappa shape index (κ3) is 13.3. The Bertz CT molecular complexity index is 1110. The lowest BCUT2D eigenvalue weighted by Gasteiger charge is -2.43. The number of amides is 1. The molecule has 0 bridgehead atoms. The number of halogens is 3. The molecule has 0 saturated carbocycles. The summed E-state index contributed by atoms with van der Waals surface area (Å²) in [6.45, 7) is 9.74. The smallest absolute Gasteiger partial charge is 0.276 e. The van der Waals surface area contributed by atoms with Crippen molar-refractivity contribution in [3.05, 3.63) is 65.2 Å². The lowest BCUT2D eigenvalue weighted by atomic mass is 9.90. The number of carbonyl (C=O) groups is 1. The number of unbranched alkanes of at least 4 members (excludes halogenated alkanes) is 10. The highest BCUT2D eigenvalue weighted by atomic mass is 35.6. The van der Waals surface area contributed by atoms with Gasteiger partial charge < -0.3 is 24.8 Å². The van der Waals surface area contributed by atoms with Crippen molar-refractivity contribution in [2.45, 2.75) is 127 Å². The molecular formula is C37H55Cl3N2O4. The van der Waals surface area contributed by atoms with Crippen molar-refractivity contribution >= 4 is 46.4 Å². The lowest BCUT2D eigenvalue weighted by Crippen LogP contribution is -2.45. The van der Waals surface area contributed by atoms with Crippen molar-refractivity contribution in [1.82, 2.24) is 4.90 Å². The molecule has 9 heteroatoms. The SMILES string of the molecule is CCCCCCCCN(CCCCCCCC)C[C@@H]1O[C@H](c2ccc(NC(=O)C(Cl)(Cl)Cl)cc2)O[C@H](c2ccc(CO)cc2)[C@@H]1C. The number of ether oxygens (including phenoxy) is 2. The standard InChI is InChI=1S/C37H55Cl3N2O4/c1-4-6-8-10-12-14-24-42(25-15-13-11-9-7-5-2)26-33-28(3)34(30-18-16-29(27-43)17-19-30)46-35(45-33)31-20-22-32(23-21-31)41-36(44)37(38,39)40/h16-23,28,33-35,43H,4-15,24-27H2,1-3H3,(H,41,44)/t28-,33+,34+,35+/m1/s1. The number of hydrogen-bond donors (Lipinski definition) is 2. The van der Waals surface area contributed by atoms with Crippen LogP contribution in [0.3, 0.4) is 0 Å². The maximum Gasteiger partial charge on any atom is 0.276 e. The fourth-order valence-corrected chi connectivity index (χ4v) is 6.18. The van der Waals surface area contributed by atoms with Crippen LogP contribution in [0.1, 0.15) is 127 Å². The Kier molecular flexibility index (Phi) is 17.7. The molecule has 2 aromatic rings. The minimum absolute atomic E-state index is 0.00271. The van der Waals surface area contributed by atoms with E-state index in [2.05, 4.69) is 31.0 Å². The number of alkyl halides is 3. The summed E-state index contributed by atoms with van der Waals surface area (Å²) in [5.74, 6) is -0.609. The molecule has 46 heavy (non-hydrogen) atoms. The maximum absolute atomic E-state index is 12.2. The number of benzene rings is 2. The van der Waals surface area contributed by atoms with Crippen molar-refractivity contribution in [1.29, 1.82) is 0 Å². The third-order valence-electron chi connectivity index (χ3n) is 8.92. The first-order chi connectivity index (χ1) is 22.2. The zero-order valence-electron chi connectivity index (χ0n) is 28.0. The molecule has 1 amide bonds. The summed E-state index contributed by atoms with van der Waals surface area (Å²) in [6, 6.07) is 15.3. The number of anilines is 1. The van der Waals surface area contributed by atoms with Gasteiger partial charge in [0, 0.05) is 23.7 Å². The van der Waals surface area contributed by atoms with Gasteiger partial charge in [0.1, 0.15) is 0 Å². The molecule has 1 fully saturated rings. The van der Waals surface area contributed by atoms with Crippen LogP contribution in [0.25, 0.3) is 0 Å². The summed E-state index contributed by atoms with van der Waals surface area (Å²) in [7, 11) is 0. The molecule has 0 unspecified atom stereocenters. The van der Waals surface area contributed by atoms with Crippen LogP contribution in [-0.2, 0) is 20.9 Å². The van der Waals surface area contributed by atoms with E-state index in [4.69, 9.17) is 44.3 Å². The summed E-state index contributed by atoms with van der Waals surface area (Å²) in [5, 5.41) is 12.2. The zero-order valence-corrected chi connectivity index (χ0v) is 30.3. The summed E-state index contributed by atoms with van der Waals surface area (Å²) >= 11 is 17.2. The van der Waals surface area contributed by atoms with Gasteiger partial charge >= 0.3 is 0 Å². The van der Waals surface area contributed by atoms with Gasteiger partial charge in [0.15, 0.2) is 6.29 Å². The molecule has 1 aliphatic rings. The van der Waals surface area contributed by atoms with Crippen LogP contribution >= 0.6 is 34.8 Å². The topological polar surface area (TPSA) is 71.0 Å². The van der Waals surface area contributed by atoms with E-state index < -0.39 is 16.0 Å². The van der Waals surface area contributed by atoms with Crippen molar-refractivity contribution in [2.75, 3.05) is 25.0 Å². The molecule has 1 aliphatic heterocycles. The molecule has 2 aromatic carbocycles. The molecule has 1 heterocycles. The minimum atomic E-state index is -2.05. The van der Waals surface area contributed by atoms with Gasteiger partial charge in [0.05, 0.1) is 18.8 Å². The average Bonchev–Trinajstić information content (AvgIpc) is 3.05. The minimum Gasteiger partial charge on any atom is -0.392 e. The fourth-order valence-electron chi connectivity index (χ4n) is 6.03. The molecule has 1 saturated heterocycles. The number of hydrogen-bond acceptors (Lipinski definition) is 5. The number of aliphatic hydroxyl groups is 1. The Morgan fingerprint density at radius 3 is 1.83 bits per heavy atom. The predicted octanol–water partition coefficient (Wildman–Crippen LogP) is 10.3. The molecule has 258 valence electrons. The van der Waals surface area contributed by atoms with Crippen molar-refractivity contribution in [3.8, 4) is 0 Å². The summed E-state index contributed by atoms with van der Waals surface area (Å²) in [4.78, 5) is 14.8. The Morgan fingerprint density at radius 1 is 0.783 bits per heavy atom. The first kappa shape index (κ1) is 39.1. The molecule has 0 spiro atoms. The normalized spacial score (nSPS) is 20.3. The summed E-state index contributed by atoms with van der Waals surface area (Å²) in [6.07, 6.45) is 14.5. The van der Waals surface area contributed by atoms with E-state index in [1.165, 1.54) is 77.0 Å². The van der Waals surface area contributed by atoms with Crippen LogP contribution in [0.4, 0.5) is 5.69 Å². The molecule has 3 rings (SSSR count). The number of nitrogens with zero attached hydrogens (tertiary/aromatic N) is 1. The molecule has 0 radical (unpaired) electrons. The van der Waals surface area contributed by atoms with Gasteiger partial charge in [-0.1, -0.05) is 156 Å². The van der Waals surface area contributed by atoms with E-state index in [-0.39, 0.29) is 24.7 Å². The molecule has 0 aliphatic carbocycles. The van der Waals surface area contributed by atoms with Gasteiger partial charge in [-0.3, -0.25) is 4.79 Å². The zero-order chi connectivity index (χ0) is 33.4. The van der Waals surface area contributed by atoms with Gasteiger partial charge in [-0.2, -0.15) is 0 Å². The average molecular weight is 698 g/mol. The van der Waals surface area contributed by atoms with Crippen LogP contribution in [0.2, 0.25) is 0 Å². The highest BCUT2D eigenvalue weighted by Gasteiger charge is 2.39. The van der Waals surface area contributed by atoms with E-state index in [1.807, 2.05) is 36.4 Å². The second kappa shape index (κ2) is 20.9. The first-order valence-electron chi connectivity index (χ1n) is 17.4. The van der Waals surface area contributed by atoms with E-state index in [0.29, 0.717) is 5.69 Å². The number of rotatable bonds is 20. The lowest BCUT2D eigenvalue weighted by molar-refractivity contribution is -0.276. The maximum atomic E-state index is 12.2. The molecule has 0 aromatic heterocycles. The van der Waals surface area contributed by atoms with Crippen LogP contribution in [0, 0.1) is 5.92 Å². The molecule has 4 atom stereocenters. The van der Waals surface area contributed by atoms with Gasteiger partial charge in [-0.05, 0) is 49.2 Å². The molecular weight excluding hydrogens is 643 g/mol. The van der Waals surface area contributed by atoms with Crippen LogP contribution in [0.5, 0.6) is 0 Å². The van der Waals surface area contributed by atoms with Gasteiger partial charge in [-0.25, -0.2) is 0 Å². The monoisotopic (exact) mass is 696 g/mol. The number of nitrogens with one attached hydrogen (secondary N) is 1. The van der Waals surface area contributed by atoms with E-state index >= 15 is 0 Å². The summed E-state index contributed by atoms with van der Waals surface area (Å²) in [5.41, 5.74) is 3.29. The number of carbonyl (C=O) groups excluding carboxylic acids is 1. The van der Waals surface area contributed by atoms with Crippen LogP contribution in [0.15, 0.2) is 48.5 Å². The first-order valence-corrected chi connectivity index (χ1v) is 18.5. The summed E-state index contributed by atoms with van der Waals surface area (Å²) < 4.78 is 11.4. The highest BCUT2D eigenvalue weighted by molar-refractivity contribution is 6.76. The quantitative estimate of drug-likeness (QED) is 0.106. The molecule has 2 N–H and O–H groups in total. The largest absolute Gasteiger partial charge is 0.392 e. The molecule has 6 nitrogen and oxygen atoms in total. The Hall–Kier alpha value is -1.38. The third-order valence-corrected chi connectivity index (χ3v) is 9.43. The fraction of sp³-hybridized carbons (Fsp3) is 0.649. The van der Waals surface area contributed by atoms with Crippen LogP contribution < -0.4 is 5.32 Å². The second-order valence-corrected chi connectivity index (χ2v) is 15.0. The Balaban J connectivity index is 1.77. The second-order valence-electron chi connectivity index (χ2n) is 12.7. The van der Waals surface area contributed by atoms with E-state index in [1.54, 1.807) is 12.1 Å². The highest BCUT2D eigenvalue weighted by Crippen LogP contribution is 2.42. The number of aliphatic hydroxyl groups excluding tert-OH is 1.